The van der Waals surface area contributed by atoms with Gasteiger partial charge in [-0.1, -0.05) is 47.5 Å². The first-order valence-corrected chi connectivity index (χ1v) is 7.29. The van der Waals surface area contributed by atoms with E-state index in [4.69, 9.17) is 11.6 Å². The number of nitrogens with one attached hydrogen (secondary N) is 1. The molecule has 0 saturated carbocycles. The first-order chi connectivity index (χ1) is 10.0. The van der Waals surface area contributed by atoms with Gasteiger partial charge in [-0.05, 0) is 36.1 Å². The third-order valence-electron chi connectivity index (χ3n) is 3.75. The molecule has 0 aliphatic carbocycles. The Hall–Kier alpha value is -1.84. The number of carbonyl (C=O) groups excluding carboxylic acids is 1. The highest BCUT2D eigenvalue weighted by Gasteiger charge is 2.21. The lowest BCUT2D eigenvalue weighted by Crippen LogP contribution is -2.19. The number of hydrogen-bond acceptors (Lipinski definition) is 2. The highest BCUT2D eigenvalue weighted by Crippen LogP contribution is 2.35. The Morgan fingerprint density at radius 2 is 2.00 bits per heavy atom. The number of amides is 1. The van der Waals surface area contributed by atoms with Crippen molar-refractivity contribution in [3.05, 3.63) is 63.7 Å². The molecule has 108 valence electrons. The highest BCUT2D eigenvalue weighted by atomic mass is 35.5. The van der Waals surface area contributed by atoms with E-state index in [2.05, 4.69) is 5.32 Å². The summed E-state index contributed by atoms with van der Waals surface area (Å²) in [6, 6.07) is 11.4. The number of aliphatic hydroxyl groups is 1. The second kappa shape index (κ2) is 5.51. The Bertz CT molecular complexity index is 712. The topological polar surface area (TPSA) is 49.3 Å². The van der Waals surface area contributed by atoms with Gasteiger partial charge in [0.15, 0.2) is 0 Å². The van der Waals surface area contributed by atoms with Crippen LogP contribution in [-0.4, -0.2) is 11.0 Å². The van der Waals surface area contributed by atoms with Crippen molar-refractivity contribution >= 4 is 23.2 Å². The number of aliphatic hydroxyl groups excluding tert-OH is 1. The van der Waals surface area contributed by atoms with Gasteiger partial charge in [0.2, 0.25) is 5.91 Å². The summed E-state index contributed by atoms with van der Waals surface area (Å²) in [5.41, 5.74) is 4.34. The van der Waals surface area contributed by atoms with Crippen LogP contribution in [0.3, 0.4) is 0 Å². The molecule has 0 radical (unpaired) electrons. The second-order valence-electron chi connectivity index (χ2n) is 5.40. The Morgan fingerprint density at radius 3 is 2.76 bits per heavy atom. The Labute approximate surface area is 128 Å². The summed E-state index contributed by atoms with van der Waals surface area (Å²) in [4.78, 5) is 11.4. The number of rotatable bonds is 2. The van der Waals surface area contributed by atoms with Crippen LogP contribution in [0.4, 0.5) is 5.69 Å². The van der Waals surface area contributed by atoms with Gasteiger partial charge in [-0.15, -0.1) is 0 Å². The number of hydrogen-bond donors (Lipinski definition) is 2. The molecule has 2 aromatic rings. The summed E-state index contributed by atoms with van der Waals surface area (Å²) in [5.74, 6) is -0.0172. The molecule has 3 nitrogen and oxygen atoms in total. The molecule has 0 aromatic heterocycles. The number of fused-ring (bicyclic) bond motifs is 1. The van der Waals surface area contributed by atoms with Gasteiger partial charge >= 0.3 is 0 Å². The van der Waals surface area contributed by atoms with E-state index in [-0.39, 0.29) is 5.91 Å². The van der Waals surface area contributed by atoms with Crippen molar-refractivity contribution in [2.75, 3.05) is 5.32 Å². The van der Waals surface area contributed by atoms with Crippen LogP contribution in [0.1, 0.15) is 34.8 Å². The van der Waals surface area contributed by atoms with E-state index in [9.17, 15) is 9.90 Å². The van der Waals surface area contributed by atoms with Gasteiger partial charge in [-0.3, -0.25) is 4.79 Å². The summed E-state index contributed by atoms with van der Waals surface area (Å²) in [6.45, 7) is 1.99. The summed E-state index contributed by atoms with van der Waals surface area (Å²) in [6.07, 6.45) is 0.382. The van der Waals surface area contributed by atoms with Gasteiger partial charge in [-0.25, -0.2) is 0 Å². The maximum Gasteiger partial charge on any atom is 0.224 e. The third-order valence-corrected chi connectivity index (χ3v) is 4.05. The molecule has 1 unspecified atom stereocenters. The second-order valence-corrected chi connectivity index (χ2v) is 5.81. The smallest absolute Gasteiger partial charge is 0.224 e. The molecule has 1 heterocycles. The summed E-state index contributed by atoms with van der Waals surface area (Å²) >= 11 is 6.25. The Kier molecular flexibility index (Phi) is 3.70. The minimum absolute atomic E-state index is 0.0172. The molecule has 1 aliphatic heterocycles. The van der Waals surface area contributed by atoms with E-state index in [0.29, 0.717) is 23.6 Å². The molecule has 2 aromatic carbocycles. The van der Waals surface area contributed by atoms with E-state index in [1.54, 1.807) is 6.07 Å². The zero-order valence-electron chi connectivity index (χ0n) is 11.7. The minimum atomic E-state index is -0.717. The summed E-state index contributed by atoms with van der Waals surface area (Å²) in [5, 5.41) is 13.8. The van der Waals surface area contributed by atoms with E-state index >= 15 is 0 Å². The van der Waals surface area contributed by atoms with E-state index in [1.165, 1.54) is 0 Å². The van der Waals surface area contributed by atoms with Gasteiger partial charge in [0.1, 0.15) is 6.10 Å². The van der Waals surface area contributed by atoms with Crippen molar-refractivity contribution in [3.63, 3.8) is 0 Å². The van der Waals surface area contributed by atoms with Gasteiger partial charge in [0.25, 0.3) is 0 Å². The van der Waals surface area contributed by atoms with E-state index < -0.39 is 6.10 Å². The van der Waals surface area contributed by atoms with Crippen molar-refractivity contribution in [2.45, 2.75) is 25.9 Å². The van der Waals surface area contributed by atoms with Crippen LogP contribution in [0.2, 0.25) is 5.02 Å². The fourth-order valence-corrected chi connectivity index (χ4v) is 2.96. The first-order valence-electron chi connectivity index (χ1n) is 6.91. The van der Waals surface area contributed by atoms with E-state index in [0.717, 1.165) is 22.3 Å². The normalized spacial score (nSPS) is 15.3. The summed E-state index contributed by atoms with van der Waals surface area (Å²) < 4.78 is 0. The van der Waals surface area contributed by atoms with Crippen molar-refractivity contribution in [2.24, 2.45) is 0 Å². The predicted octanol–water partition coefficient (Wildman–Crippen LogP) is 3.61. The van der Waals surface area contributed by atoms with Gasteiger partial charge in [0.05, 0.1) is 10.7 Å². The Balaban J connectivity index is 2.00. The molecule has 3 rings (SSSR count). The number of carbonyl (C=O) groups is 1. The lowest BCUT2D eigenvalue weighted by atomic mass is 9.95. The zero-order valence-corrected chi connectivity index (χ0v) is 12.4. The lowest BCUT2D eigenvalue weighted by Gasteiger charge is -2.21. The fourth-order valence-electron chi connectivity index (χ4n) is 2.66. The van der Waals surface area contributed by atoms with Crippen LogP contribution in [-0.2, 0) is 11.2 Å². The largest absolute Gasteiger partial charge is 0.384 e. The van der Waals surface area contributed by atoms with Crippen LogP contribution < -0.4 is 5.32 Å². The predicted molar refractivity (Wildman–Crippen MR) is 83.6 cm³/mol. The van der Waals surface area contributed by atoms with Gasteiger partial charge < -0.3 is 10.4 Å². The molecule has 4 heteroatoms. The molecule has 0 saturated heterocycles. The van der Waals surface area contributed by atoms with Crippen LogP contribution >= 0.6 is 11.6 Å². The maximum absolute atomic E-state index is 11.4. The quantitative estimate of drug-likeness (QED) is 0.890. The number of benzene rings is 2. The Morgan fingerprint density at radius 1 is 1.19 bits per heavy atom. The standard InChI is InChI=1S/C17H16ClNO2/c1-10-3-2-4-12(7-10)17(21)13-8-11-5-6-15(20)19-16(11)14(18)9-13/h2-4,7-9,17,21H,5-6H2,1H3,(H,19,20). The van der Waals surface area contributed by atoms with Crippen LogP contribution in [0.5, 0.6) is 0 Å². The maximum atomic E-state index is 11.4. The van der Waals surface area contributed by atoms with Gasteiger partial charge in [0, 0.05) is 6.42 Å². The SMILES string of the molecule is Cc1cccc(C(O)c2cc(Cl)c3c(c2)CCC(=O)N3)c1. The van der Waals surface area contributed by atoms with Gasteiger partial charge in [-0.2, -0.15) is 0 Å². The molecular weight excluding hydrogens is 286 g/mol. The van der Waals surface area contributed by atoms with Crippen molar-refractivity contribution in [3.8, 4) is 0 Å². The number of anilines is 1. The molecule has 2 N–H and O–H groups in total. The fraction of sp³-hybridized carbons (Fsp3) is 0.235. The minimum Gasteiger partial charge on any atom is -0.384 e. The molecule has 21 heavy (non-hydrogen) atoms. The van der Waals surface area contributed by atoms with E-state index in [1.807, 2.05) is 37.3 Å². The molecule has 0 fully saturated rings. The molecular formula is C17H16ClNO2. The zero-order chi connectivity index (χ0) is 15.0. The number of halogens is 1. The van der Waals surface area contributed by atoms with Crippen LogP contribution in [0.25, 0.3) is 0 Å². The molecule has 1 amide bonds. The molecule has 0 bridgehead atoms. The first kappa shape index (κ1) is 14.1. The summed E-state index contributed by atoms with van der Waals surface area (Å²) in [7, 11) is 0. The van der Waals surface area contributed by atoms with Crippen molar-refractivity contribution in [1.82, 2.24) is 0 Å². The van der Waals surface area contributed by atoms with Crippen LogP contribution in [0.15, 0.2) is 36.4 Å². The molecule has 1 aliphatic rings. The monoisotopic (exact) mass is 301 g/mol. The average Bonchev–Trinajstić information content (AvgIpc) is 2.47. The number of aryl methyl sites for hydroxylation is 2. The van der Waals surface area contributed by atoms with Crippen molar-refractivity contribution in [1.29, 1.82) is 0 Å². The third kappa shape index (κ3) is 2.80. The molecule has 0 spiro atoms. The van der Waals surface area contributed by atoms with Crippen molar-refractivity contribution < 1.29 is 9.90 Å². The lowest BCUT2D eigenvalue weighted by molar-refractivity contribution is -0.116. The average molecular weight is 302 g/mol. The molecule has 1 atom stereocenters. The highest BCUT2D eigenvalue weighted by molar-refractivity contribution is 6.34. The van der Waals surface area contributed by atoms with Crippen LogP contribution in [0, 0.1) is 6.92 Å².